The number of allylic oxidation sites excluding steroid dienone is 5. The Morgan fingerprint density at radius 1 is 1.12 bits per heavy atom. The van der Waals surface area contributed by atoms with Crippen LogP contribution >= 0.6 is 0 Å². The van der Waals surface area contributed by atoms with Gasteiger partial charge in [-0.05, 0) is 62.5 Å². The normalized spacial score (nSPS) is 22.0. The number of fused-ring (bicyclic) bond motifs is 1. The molecule has 4 heteroatoms. The average molecular weight is 332 g/mol. The van der Waals surface area contributed by atoms with E-state index in [1.54, 1.807) is 13.8 Å². The Balaban J connectivity index is 2.56. The largest absolute Gasteiger partial charge is 0.462 e. The van der Waals surface area contributed by atoms with E-state index in [9.17, 15) is 9.59 Å². The van der Waals surface area contributed by atoms with E-state index in [2.05, 4.69) is 26.8 Å². The molecule has 0 bridgehead atoms. The van der Waals surface area contributed by atoms with Gasteiger partial charge in [-0.15, -0.1) is 0 Å². The number of ether oxygens (including phenoxy) is 2. The molecule has 0 aromatic heterocycles. The van der Waals surface area contributed by atoms with Crippen molar-refractivity contribution in [2.75, 3.05) is 13.2 Å². The number of hydrogen-bond acceptors (Lipinski definition) is 4. The Hall–Kier alpha value is -1.84. The fourth-order valence-electron chi connectivity index (χ4n) is 3.76. The summed E-state index contributed by atoms with van der Waals surface area (Å²) in [5, 5.41) is 0. The van der Waals surface area contributed by atoms with Gasteiger partial charge in [0.15, 0.2) is 0 Å². The number of carbonyl (C=O) groups excluding carboxylic acids is 2. The summed E-state index contributed by atoms with van der Waals surface area (Å²) >= 11 is 0. The Morgan fingerprint density at radius 2 is 1.71 bits per heavy atom. The third-order valence-corrected chi connectivity index (χ3v) is 4.85. The summed E-state index contributed by atoms with van der Waals surface area (Å²) in [5.41, 5.74) is 3.31. The van der Waals surface area contributed by atoms with Gasteiger partial charge in [0.05, 0.1) is 13.2 Å². The van der Waals surface area contributed by atoms with Crippen molar-refractivity contribution < 1.29 is 19.1 Å². The first-order chi connectivity index (χ1) is 11.3. The lowest BCUT2D eigenvalue weighted by atomic mass is 9.62. The first-order valence-electron chi connectivity index (χ1n) is 8.76. The van der Waals surface area contributed by atoms with Gasteiger partial charge in [-0.3, -0.25) is 0 Å². The maximum Gasteiger partial charge on any atom is 0.345 e. The van der Waals surface area contributed by atoms with Crippen LogP contribution in [0.1, 0.15) is 53.9 Å². The highest BCUT2D eigenvalue weighted by molar-refractivity contribution is 6.15. The molecule has 24 heavy (non-hydrogen) atoms. The average Bonchev–Trinajstić information content (AvgIpc) is 2.46. The zero-order valence-electron chi connectivity index (χ0n) is 15.4. The Labute approximate surface area is 144 Å². The monoisotopic (exact) mass is 332 g/mol. The van der Waals surface area contributed by atoms with Crippen molar-refractivity contribution in [2.45, 2.75) is 53.9 Å². The van der Waals surface area contributed by atoms with Crippen LogP contribution in [0.3, 0.4) is 0 Å². The van der Waals surface area contributed by atoms with Gasteiger partial charge in [-0.1, -0.05) is 31.6 Å². The molecule has 0 aromatic rings. The molecule has 2 aliphatic carbocycles. The van der Waals surface area contributed by atoms with Crippen molar-refractivity contribution in [3.63, 3.8) is 0 Å². The molecule has 0 saturated carbocycles. The molecule has 4 nitrogen and oxygen atoms in total. The van der Waals surface area contributed by atoms with Crippen LogP contribution in [0.2, 0.25) is 0 Å². The maximum absolute atomic E-state index is 12.4. The molecule has 0 amide bonds. The molecule has 0 radical (unpaired) electrons. The van der Waals surface area contributed by atoms with E-state index in [-0.39, 0.29) is 24.2 Å². The van der Waals surface area contributed by atoms with Gasteiger partial charge >= 0.3 is 11.9 Å². The van der Waals surface area contributed by atoms with E-state index < -0.39 is 11.9 Å². The molecular formula is C20H28O4. The summed E-state index contributed by atoms with van der Waals surface area (Å²) in [6, 6.07) is 0. The second kappa shape index (κ2) is 7.37. The molecule has 0 N–H and O–H groups in total. The molecule has 0 saturated heterocycles. The molecule has 132 valence electrons. The lowest BCUT2D eigenvalue weighted by Crippen LogP contribution is -2.32. The first kappa shape index (κ1) is 18.5. The van der Waals surface area contributed by atoms with Crippen LogP contribution in [-0.2, 0) is 19.1 Å². The van der Waals surface area contributed by atoms with Crippen LogP contribution in [0.5, 0.6) is 0 Å². The minimum atomic E-state index is -0.589. The smallest absolute Gasteiger partial charge is 0.345 e. The van der Waals surface area contributed by atoms with Gasteiger partial charge in [-0.25, -0.2) is 9.59 Å². The molecule has 1 unspecified atom stereocenters. The molecule has 0 aliphatic heterocycles. The third kappa shape index (κ3) is 3.80. The minimum absolute atomic E-state index is 0.0130. The van der Waals surface area contributed by atoms with Gasteiger partial charge in [-0.2, -0.15) is 0 Å². The van der Waals surface area contributed by atoms with Crippen molar-refractivity contribution in [3.8, 4) is 0 Å². The molecule has 0 heterocycles. The standard InChI is InChI=1S/C20H28O4/c1-6-23-18(21)17(19(22)24-7-2)15-11-14-10-13(3)8-9-16(14)20(4,5)12-15/h10-11,16H,6-9,12H2,1-5H3. The fraction of sp³-hybridized carbons (Fsp3) is 0.600. The minimum Gasteiger partial charge on any atom is -0.462 e. The zero-order chi connectivity index (χ0) is 17.9. The van der Waals surface area contributed by atoms with Gasteiger partial charge < -0.3 is 9.47 Å². The van der Waals surface area contributed by atoms with Crippen LogP contribution in [0, 0.1) is 11.3 Å². The molecule has 0 fully saturated rings. The fourth-order valence-corrected chi connectivity index (χ4v) is 3.76. The van der Waals surface area contributed by atoms with Crippen LogP contribution in [-0.4, -0.2) is 25.2 Å². The van der Waals surface area contributed by atoms with Gasteiger partial charge in [0, 0.05) is 0 Å². The third-order valence-electron chi connectivity index (χ3n) is 4.85. The number of hydrogen-bond donors (Lipinski definition) is 0. The predicted octanol–water partition coefficient (Wildman–Crippen LogP) is 4.12. The quantitative estimate of drug-likeness (QED) is 0.336. The lowest BCUT2D eigenvalue weighted by Gasteiger charge is -2.42. The van der Waals surface area contributed by atoms with Crippen molar-refractivity contribution in [1.29, 1.82) is 0 Å². The summed E-state index contributed by atoms with van der Waals surface area (Å²) in [5.74, 6) is -0.724. The Bertz CT molecular complexity index is 600. The van der Waals surface area contributed by atoms with E-state index in [0.29, 0.717) is 12.3 Å². The summed E-state index contributed by atoms with van der Waals surface area (Å²) in [4.78, 5) is 24.7. The maximum atomic E-state index is 12.4. The molecule has 0 aromatic carbocycles. The van der Waals surface area contributed by atoms with E-state index in [0.717, 1.165) is 18.4 Å². The zero-order valence-corrected chi connectivity index (χ0v) is 15.4. The summed E-state index contributed by atoms with van der Waals surface area (Å²) < 4.78 is 10.2. The van der Waals surface area contributed by atoms with E-state index in [4.69, 9.17) is 9.47 Å². The van der Waals surface area contributed by atoms with Crippen molar-refractivity contribution in [2.24, 2.45) is 11.3 Å². The van der Waals surface area contributed by atoms with Crippen LogP contribution in [0.4, 0.5) is 0 Å². The van der Waals surface area contributed by atoms with Crippen LogP contribution < -0.4 is 0 Å². The van der Waals surface area contributed by atoms with Gasteiger partial charge in [0.2, 0.25) is 0 Å². The summed E-state index contributed by atoms with van der Waals surface area (Å²) in [6.07, 6.45) is 7.08. The summed E-state index contributed by atoms with van der Waals surface area (Å²) in [6.45, 7) is 10.5. The van der Waals surface area contributed by atoms with Crippen molar-refractivity contribution >= 4 is 11.9 Å². The molecular weight excluding hydrogens is 304 g/mol. The number of carbonyl (C=O) groups is 2. The topological polar surface area (TPSA) is 52.6 Å². The van der Waals surface area contributed by atoms with E-state index >= 15 is 0 Å². The lowest BCUT2D eigenvalue weighted by molar-refractivity contribution is -0.146. The van der Waals surface area contributed by atoms with Crippen molar-refractivity contribution in [3.05, 3.63) is 34.4 Å². The highest BCUT2D eigenvalue weighted by atomic mass is 16.6. The van der Waals surface area contributed by atoms with E-state index in [1.165, 1.54) is 11.1 Å². The molecule has 2 aliphatic rings. The second-order valence-corrected chi connectivity index (χ2v) is 7.23. The van der Waals surface area contributed by atoms with Gasteiger partial charge in [0.25, 0.3) is 0 Å². The Kier molecular flexibility index (Phi) is 5.68. The second-order valence-electron chi connectivity index (χ2n) is 7.23. The van der Waals surface area contributed by atoms with E-state index in [1.807, 2.05) is 6.08 Å². The van der Waals surface area contributed by atoms with Crippen molar-refractivity contribution in [1.82, 2.24) is 0 Å². The SMILES string of the molecule is CCOC(=O)C(C(=O)OCC)=C1C=C2C=C(C)CCC2C(C)(C)C1. The molecule has 1 atom stereocenters. The molecule has 2 rings (SSSR count). The van der Waals surface area contributed by atoms with Gasteiger partial charge in [0.1, 0.15) is 5.57 Å². The summed E-state index contributed by atoms with van der Waals surface area (Å²) in [7, 11) is 0. The highest BCUT2D eigenvalue weighted by Gasteiger charge is 2.39. The predicted molar refractivity (Wildman–Crippen MR) is 93.3 cm³/mol. The first-order valence-corrected chi connectivity index (χ1v) is 8.76. The number of rotatable bonds is 4. The number of esters is 2. The van der Waals surface area contributed by atoms with Crippen LogP contribution in [0.25, 0.3) is 0 Å². The molecule has 0 spiro atoms. The van der Waals surface area contributed by atoms with Crippen LogP contribution in [0.15, 0.2) is 34.4 Å². The Morgan fingerprint density at radius 3 is 2.25 bits per heavy atom. The highest BCUT2D eigenvalue weighted by Crippen LogP contribution is 2.49.